The van der Waals surface area contributed by atoms with Crippen molar-refractivity contribution in [1.82, 2.24) is 5.06 Å². The number of nitrogens with zero attached hydrogens (tertiary/aromatic N) is 1. The molecule has 3 N–H and O–H groups in total. The highest BCUT2D eigenvalue weighted by molar-refractivity contribution is 5.81. The van der Waals surface area contributed by atoms with E-state index in [4.69, 9.17) is 4.74 Å². The Kier molecular flexibility index (Phi) is 3.33. The zero-order valence-electron chi connectivity index (χ0n) is 14.9. The van der Waals surface area contributed by atoms with E-state index in [-0.39, 0.29) is 48.5 Å². The lowest BCUT2D eigenvalue weighted by atomic mass is 9.42. The number of aliphatic hydroxyl groups excluding tert-OH is 1. The van der Waals surface area contributed by atoms with Gasteiger partial charge in [0.1, 0.15) is 0 Å². The van der Waals surface area contributed by atoms with Gasteiger partial charge < -0.3 is 20.4 Å². The van der Waals surface area contributed by atoms with Crippen molar-refractivity contribution in [3.8, 4) is 0 Å². The molecule has 1 aromatic rings. The van der Waals surface area contributed by atoms with Gasteiger partial charge in [0.2, 0.25) is 0 Å². The van der Waals surface area contributed by atoms with E-state index in [1.165, 1.54) is 12.2 Å². The van der Waals surface area contributed by atoms with Crippen LogP contribution in [0.5, 0.6) is 0 Å². The lowest BCUT2D eigenvalue weighted by molar-refractivity contribution is -0.257. The number of esters is 1. The highest BCUT2D eigenvalue weighted by Crippen LogP contribution is 2.67. The zero-order chi connectivity index (χ0) is 18.2. The lowest BCUT2D eigenvalue weighted by Crippen LogP contribution is -2.79. The number of para-hydroxylation sites is 1. The molecule has 0 radical (unpaired) electrons. The maximum absolute atomic E-state index is 13.0. The fraction of sp³-hybridized carbons (Fsp3) is 0.550. The molecule has 6 rings (SSSR count). The smallest absolute Gasteiger partial charge is 0.310 e. The Morgan fingerprint density at radius 3 is 2.92 bits per heavy atom. The van der Waals surface area contributed by atoms with Crippen molar-refractivity contribution in [2.24, 2.45) is 17.8 Å². The number of allylic oxidation sites excluding steroid dienone is 1. The molecule has 2 saturated carbocycles. The molecule has 2 aliphatic carbocycles. The number of rotatable bonds is 2. The fourth-order valence-electron chi connectivity index (χ4n) is 6.71. The zero-order valence-corrected chi connectivity index (χ0v) is 14.9. The topological polar surface area (TPSA) is 82.0 Å². The van der Waals surface area contributed by atoms with Crippen LogP contribution in [0.1, 0.15) is 18.9 Å². The first-order valence-corrected chi connectivity index (χ1v) is 9.29. The Morgan fingerprint density at radius 2 is 2.23 bits per heavy atom. The van der Waals surface area contributed by atoms with Crippen LogP contribution in [0.2, 0.25) is 0 Å². The SMILES string of the molecule is C/C=C1\[C@@H]2C[C@H]3C4Nc5ccccc5[C@]4([C@@H]2C(=O)OC)[C@@H](CO)[C@H]1N3O. The Hall–Kier alpha value is -1.89. The highest BCUT2D eigenvalue weighted by Gasteiger charge is 2.75. The van der Waals surface area contributed by atoms with Crippen molar-refractivity contribution in [1.29, 1.82) is 0 Å². The summed E-state index contributed by atoms with van der Waals surface area (Å²) in [6.07, 6.45) is 2.72. The van der Waals surface area contributed by atoms with Crippen LogP contribution < -0.4 is 5.32 Å². The summed E-state index contributed by atoms with van der Waals surface area (Å²) < 4.78 is 5.25. The van der Waals surface area contributed by atoms with Gasteiger partial charge in [-0.15, -0.1) is 0 Å². The van der Waals surface area contributed by atoms with Gasteiger partial charge in [-0.2, -0.15) is 5.06 Å². The molecular weight excluding hydrogens is 332 g/mol. The van der Waals surface area contributed by atoms with Crippen LogP contribution >= 0.6 is 0 Å². The second-order valence-corrected chi connectivity index (χ2v) is 7.91. The number of anilines is 1. The van der Waals surface area contributed by atoms with E-state index in [9.17, 15) is 15.1 Å². The molecule has 138 valence electrons. The maximum Gasteiger partial charge on any atom is 0.310 e. The standard InChI is InChI=1S/C20H24N2O4/c1-3-10-11-8-15-18-20(16(11)19(24)26-2,13(9-23)17(10)22(15)25)12-6-4-5-7-14(12)21-18/h3-7,11,13,15-18,21,23,25H,8-9H2,1-2H3/b10-3+/t11-,13-,15-,16-,17-,18?,20+/m0/s1. The van der Waals surface area contributed by atoms with Crippen molar-refractivity contribution < 1.29 is 19.8 Å². The minimum atomic E-state index is -0.567. The van der Waals surface area contributed by atoms with E-state index in [2.05, 4.69) is 11.4 Å². The molecule has 0 amide bonds. The van der Waals surface area contributed by atoms with Gasteiger partial charge >= 0.3 is 5.97 Å². The summed E-state index contributed by atoms with van der Waals surface area (Å²) in [6.45, 7) is 1.85. The molecule has 26 heavy (non-hydrogen) atoms. The van der Waals surface area contributed by atoms with Gasteiger partial charge in [0, 0.05) is 23.6 Å². The van der Waals surface area contributed by atoms with Crippen molar-refractivity contribution in [3.05, 3.63) is 41.5 Å². The average molecular weight is 356 g/mol. The van der Waals surface area contributed by atoms with E-state index in [0.29, 0.717) is 6.42 Å². The van der Waals surface area contributed by atoms with Gasteiger partial charge in [-0.05, 0) is 30.9 Å². The third-order valence-electron chi connectivity index (χ3n) is 7.39. The molecule has 5 aliphatic rings. The van der Waals surface area contributed by atoms with Crippen LogP contribution in [0.25, 0.3) is 0 Å². The molecular formula is C20H24N2O4. The number of nitrogens with one attached hydrogen (secondary N) is 1. The number of carbonyl (C=O) groups is 1. The van der Waals surface area contributed by atoms with Gasteiger partial charge in [-0.1, -0.05) is 29.8 Å². The number of piperidine rings is 2. The van der Waals surface area contributed by atoms with Crippen molar-refractivity contribution in [3.63, 3.8) is 0 Å². The Labute approximate surface area is 152 Å². The summed E-state index contributed by atoms with van der Waals surface area (Å²) in [4.78, 5) is 13.0. The number of fused-ring (bicyclic) bond motifs is 1. The molecule has 3 heterocycles. The fourth-order valence-corrected chi connectivity index (χ4v) is 6.71. The number of aliphatic hydroxyl groups is 1. The van der Waals surface area contributed by atoms with E-state index in [1.807, 2.05) is 31.2 Å². The van der Waals surface area contributed by atoms with Crippen molar-refractivity contribution in [2.75, 3.05) is 19.0 Å². The summed E-state index contributed by atoms with van der Waals surface area (Å²) >= 11 is 0. The lowest BCUT2D eigenvalue weighted by Gasteiger charge is -2.68. The number of hydrogen-bond donors (Lipinski definition) is 3. The van der Waals surface area contributed by atoms with Crippen LogP contribution in [0, 0.1) is 17.8 Å². The quantitative estimate of drug-likeness (QED) is 0.551. The van der Waals surface area contributed by atoms with E-state index in [0.717, 1.165) is 16.8 Å². The minimum absolute atomic E-state index is 0.0258. The molecule has 1 spiro atoms. The van der Waals surface area contributed by atoms with Crippen LogP contribution in [-0.4, -0.2) is 53.2 Å². The second-order valence-electron chi connectivity index (χ2n) is 7.91. The van der Waals surface area contributed by atoms with Crippen LogP contribution in [-0.2, 0) is 14.9 Å². The predicted molar refractivity (Wildman–Crippen MR) is 94.7 cm³/mol. The van der Waals surface area contributed by atoms with Crippen molar-refractivity contribution >= 4 is 11.7 Å². The first-order chi connectivity index (χ1) is 12.6. The summed E-state index contributed by atoms with van der Waals surface area (Å²) in [6, 6.07) is 7.55. The van der Waals surface area contributed by atoms with Gasteiger partial charge in [0.05, 0.1) is 31.2 Å². The summed E-state index contributed by atoms with van der Waals surface area (Å²) in [5, 5.41) is 26.4. The third kappa shape index (κ3) is 1.57. The number of hydrogen-bond acceptors (Lipinski definition) is 6. The van der Waals surface area contributed by atoms with Gasteiger partial charge in [0.25, 0.3) is 0 Å². The first kappa shape index (κ1) is 16.3. The summed E-state index contributed by atoms with van der Waals surface area (Å²) in [5.74, 6) is -0.840. The molecule has 6 heteroatoms. The van der Waals surface area contributed by atoms with E-state index >= 15 is 0 Å². The number of hydroxylamine groups is 2. The third-order valence-corrected chi connectivity index (χ3v) is 7.39. The molecule has 0 aromatic heterocycles. The van der Waals surface area contributed by atoms with Crippen LogP contribution in [0.3, 0.4) is 0 Å². The summed E-state index contributed by atoms with van der Waals surface area (Å²) in [7, 11) is 1.44. The molecule has 1 unspecified atom stereocenters. The highest BCUT2D eigenvalue weighted by atomic mass is 16.5. The largest absolute Gasteiger partial charge is 0.469 e. The Bertz CT molecular complexity index is 809. The predicted octanol–water partition coefficient (Wildman–Crippen LogP) is 1.54. The van der Waals surface area contributed by atoms with Gasteiger partial charge in [-0.25, -0.2) is 0 Å². The summed E-state index contributed by atoms with van der Waals surface area (Å²) in [5.41, 5.74) is 2.55. The number of ether oxygens (including phenoxy) is 1. The van der Waals surface area contributed by atoms with E-state index in [1.54, 1.807) is 0 Å². The minimum Gasteiger partial charge on any atom is -0.469 e. The Morgan fingerprint density at radius 1 is 1.46 bits per heavy atom. The average Bonchev–Trinajstić information content (AvgIpc) is 3.00. The molecule has 2 saturated heterocycles. The molecule has 1 aromatic carbocycles. The molecule has 4 fully saturated rings. The molecule has 6 nitrogen and oxygen atoms in total. The molecule has 7 atom stereocenters. The second kappa shape index (κ2) is 5.31. The molecule has 4 bridgehead atoms. The monoisotopic (exact) mass is 356 g/mol. The van der Waals surface area contributed by atoms with Crippen LogP contribution in [0.4, 0.5) is 5.69 Å². The first-order valence-electron chi connectivity index (χ1n) is 9.29. The Balaban J connectivity index is 1.82. The van der Waals surface area contributed by atoms with Gasteiger partial charge in [0.15, 0.2) is 0 Å². The van der Waals surface area contributed by atoms with Gasteiger partial charge in [-0.3, -0.25) is 4.79 Å². The van der Waals surface area contributed by atoms with E-state index < -0.39 is 5.41 Å². The maximum atomic E-state index is 13.0. The number of carbonyl (C=O) groups excluding carboxylic acids is 1. The number of methoxy groups -OCH3 is 1. The van der Waals surface area contributed by atoms with Crippen molar-refractivity contribution in [2.45, 2.75) is 36.9 Å². The molecule has 3 aliphatic heterocycles. The normalized spacial score (nSPS) is 43.9. The number of benzene rings is 1. The van der Waals surface area contributed by atoms with Crippen LogP contribution in [0.15, 0.2) is 35.9 Å².